The molecule has 4 amide bonds. The van der Waals surface area contributed by atoms with Crippen LogP contribution in [0.15, 0.2) is 24.3 Å². The number of imide groups is 1. The number of nitrogens with zero attached hydrogens (tertiary/aromatic N) is 1. The third-order valence-electron chi connectivity index (χ3n) is 4.05. The largest absolute Gasteiger partial charge is 0.378 e. The van der Waals surface area contributed by atoms with Crippen LogP contribution in [0.4, 0.5) is 10.5 Å². The van der Waals surface area contributed by atoms with Gasteiger partial charge < -0.3 is 20.3 Å². The van der Waals surface area contributed by atoms with Crippen LogP contribution in [-0.2, 0) is 20.9 Å². The second-order valence-corrected chi connectivity index (χ2v) is 5.76. The highest BCUT2D eigenvalue weighted by atomic mass is 16.5. The minimum Gasteiger partial charge on any atom is -0.378 e. The summed E-state index contributed by atoms with van der Waals surface area (Å²) in [5, 5.41) is 7.26. The molecule has 3 rings (SSSR count). The predicted octanol–water partition coefficient (Wildman–Crippen LogP) is -0.262. The molecular weight excluding hydrogens is 312 g/mol. The Morgan fingerprint density at radius 3 is 2.54 bits per heavy atom. The maximum absolute atomic E-state index is 11.9. The molecule has 1 aromatic rings. The molecule has 2 saturated heterocycles. The average Bonchev–Trinajstić information content (AvgIpc) is 2.91. The second-order valence-electron chi connectivity index (χ2n) is 5.76. The highest BCUT2D eigenvalue weighted by molar-refractivity contribution is 6.05. The maximum Gasteiger partial charge on any atom is 0.322 e. The zero-order valence-electron chi connectivity index (χ0n) is 13.2. The number of anilines is 1. The van der Waals surface area contributed by atoms with E-state index >= 15 is 0 Å². The number of hydrogen-bond acceptors (Lipinski definition) is 5. The van der Waals surface area contributed by atoms with Gasteiger partial charge in [0.1, 0.15) is 6.04 Å². The van der Waals surface area contributed by atoms with Crippen molar-refractivity contribution in [2.75, 3.05) is 31.2 Å². The number of benzene rings is 1. The molecule has 0 aromatic heterocycles. The third kappa shape index (κ3) is 4.02. The molecule has 8 heteroatoms. The van der Waals surface area contributed by atoms with E-state index in [1.165, 1.54) is 0 Å². The highest BCUT2D eigenvalue weighted by Gasteiger charge is 2.31. The van der Waals surface area contributed by atoms with Crippen molar-refractivity contribution < 1.29 is 19.1 Å². The van der Waals surface area contributed by atoms with Crippen molar-refractivity contribution in [1.82, 2.24) is 16.0 Å². The number of urea groups is 1. The number of carbonyl (C=O) groups excluding carboxylic acids is 3. The van der Waals surface area contributed by atoms with Crippen LogP contribution >= 0.6 is 0 Å². The van der Waals surface area contributed by atoms with E-state index in [-0.39, 0.29) is 12.3 Å². The van der Waals surface area contributed by atoms with Crippen molar-refractivity contribution >= 4 is 23.5 Å². The Hall–Kier alpha value is -2.61. The van der Waals surface area contributed by atoms with Gasteiger partial charge in [-0.05, 0) is 17.7 Å². The van der Waals surface area contributed by atoms with Gasteiger partial charge in [0.05, 0.1) is 19.6 Å². The fraction of sp³-hybridized carbons (Fsp3) is 0.438. The number of rotatable bonds is 5. The lowest BCUT2D eigenvalue weighted by Gasteiger charge is -2.28. The lowest BCUT2D eigenvalue weighted by Crippen LogP contribution is -2.36. The first-order chi connectivity index (χ1) is 11.6. The van der Waals surface area contributed by atoms with Gasteiger partial charge >= 0.3 is 6.03 Å². The van der Waals surface area contributed by atoms with Gasteiger partial charge in [-0.25, -0.2) is 4.79 Å². The van der Waals surface area contributed by atoms with Crippen LogP contribution in [-0.4, -0.2) is 50.2 Å². The molecule has 2 heterocycles. The summed E-state index contributed by atoms with van der Waals surface area (Å²) in [5.74, 6) is -0.750. The Kier molecular flexibility index (Phi) is 4.95. The van der Waals surface area contributed by atoms with Crippen LogP contribution in [0.25, 0.3) is 0 Å². The summed E-state index contributed by atoms with van der Waals surface area (Å²) in [6, 6.07) is 6.64. The molecule has 0 bridgehead atoms. The average molecular weight is 332 g/mol. The number of morpholine rings is 1. The van der Waals surface area contributed by atoms with E-state index in [0.29, 0.717) is 6.54 Å². The molecule has 2 aliphatic heterocycles. The van der Waals surface area contributed by atoms with Gasteiger partial charge in [-0.15, -0.1) is 0 Å². The normalized spacial score (nSPS) is 20.5. The lowest BCUT2D eigenvalue weighted by atomic mass is 10.1. The molecule has 2 fully saturated rings. The molecule has 2 aliphatic rings. The van der Waals surface area contributed by atoms with Crippen LogP contribution in [0, 0.1) is 0 Å². The molecule has 24 heavy (non-hydrogen) atoms. The quantitative estimate of drug-likeness (QED) is 0.645. The van der Waals surface area contributed by atoms with E-state index in [2.05, 4.69) is 20.9 Å². The van der Waals surface area contributed by atoms with Gasteiger partial charge in [0.25, 0.3) is 5.91 Å². The molecule has 1 aromatic carbocycles. The van der Waals surface area contributed by atoms with E-state index < -0.39 is 18.0 Å². The fourth-order valence-electron chi connectivity index (χ4n) is 2.71. The highest BCUT2D eigenvalue weighted by Crippen LogP contribution is 2.16. The molecule has 8 nitrogen and oxygen atoms in total. The lowest BCUT2D eigenvalue weighted by molar-refractivity contribution is -0.126. The standard InChI is InChI=1S/C16H20N4O4/c21-14(9-13-15(22)19-16(23)18-13)17-10-11-1-3-12(4-2-11)20-5-7-24-8-6-20/h1-4,13H,5-10H2,(H,17,21)(H2,18,19,22,23). The monoisotopic (exact) mass is 332 g/mol. The number of amides is 4. The van der Waals surface area contributed by atoms with Crippen molar-refractivity contribution in [3.05, 3.63) is 29.8 Å². The Labute approximate surface area is 139 Å². The van der Waals surface area contributed by atoms with Gasteiger partial charge in [-0.3, -0.25) is 14.9 Å². The van der Waals surface area contributed by atoms with Gasteiger partial charge in [0.15, 0.2) is 0 Å². The van der Waals surface area contributed by atoms with Gasteiger partial charge in [0.2, 0.25) is 5.91 Å². The van der Waals surface area contributed by atoms with E-state index in [0.717, 1.165) is 37.6 Å². The summed E-state index contributed by atoms with van der Waals surface area (Å²) in [4.78, 5) is 36.5. The van der Waals surface area contributed by atoms with Crippen LogP contribution in [0.2, 0.25) is 0 Å². The van der Waals surface area contributed by atoms with E-state index in [4.69, 9.17) is 4.74 Å². The smallest absolute Gasteiger partial charge is 0.322 e. The van der Waals surface area contributed by atoms with Crippen LogP contribution in [0.5, 0.6) is 0 Å². The zero-order chi connectivity index (χ0) is 16.9. The Bertz CT molecular complexity index is 625. The summed E-state index contributed by atoms with van der Waals surface area (Å²) in [6.45, 7) is 3.62. The molecule has 128 valence electrons. The van der Waals surface area contributed by atoms with E-state index in [1.807, 2.05) is 24.3 Å². The summed E-state index contributed by atoms with van der Waals surface area (Å²) < 4.78 is 5.33. The molecule has 0 saturated carbocycles. The minimum absolute atomic E-state index is 0.0660. The number of hydrogen-bond donors (Lipinski definition) is 3. The minimum atomic E-state index is -0.791. The number of carbonyl (C=O) groups is 3. The van der Waals surface area contributed by atoms with E-state index in [9.17, 15) is 14.4 Å². The first-order valence-corrected chi connectivity index (χ1v) is 7.91. The topological polar surface area (TPSA) is 99.8 Å². The Morgan fingerprint density at radius 2 is 1.92 bits per heavy atom. The van der Waals surface area contributed by atoms with Gasteiger partial charge in [-0.1, -0.05) is 12.1 Å². The molecule has 3 N–H and O–H groups in total. The van der Waals surface area contributed by atoms with Crippen molar-refractivity contribution in [1.29, 1.82) is 0 Å². The third-order valence-corrected chi connectivity index (χ3v) is 4.05. The number of ether oxygens (including phenoxy) is 1. The van der Waals surface area contributed by atoms with Crippen molar-refractivity contribution in [3.63, 3.8) is 0 Å². The molecular formula is C16H20N4O4. The van der Waals surface area contributed by atoms with Crippen LogP contribution in [0.1, 0.15) is 12.0 Å². The molecule has 0 radical (unpaired) electrons. The number of nitrogens with one attached hydrogen (secondary N) is 3. The Morgan fingerprint density at radius 1 is 1.21 bits per heavy atom. The first kappa shape index (κ1) is 16.3. The maximum atomic E-state index is 11.9. The van der Waals surface area contributed by atoms with Gasteiger partial charge in [0, 0.05) is 25.3 Å². The van der Waals surface area contributed by atoms with Crippen molar-refractivity contribution in [3.8, 4) is 0 Å². The zero-order valence-corrected chi connectivity index (χ0v) is 13.2. The fourth-order valence-corrected chi connectivity index (χ4v) is 2.71. The first-order valence-electron chi connectivity index (χ1n) is 7.91. The van der Waals surface area contributed by atoms with Crippen LogP contribution < -0.4 is 20.9 Å². The molecule has 0 spiro atoms. The van der Waals surface area contributed by atoms with Crippen molar-refractivity contribution in [2.45, 2.75) is 19.0 Å². The van der Waals surface area contributed by atoms with Crippen molar-refractivity contribution in [2.24, 2.45) is 0 Å². The molecule has 0 aliphatic carbocycles. The summed E-state index contributed by atoms with van der Waals surface area (Å²) in [7, 11) is 0. The SMILES string of the molecule is O=C(CC1NC(=O)NC1=O)NCc1ccc(N2CCOCC2)cc1. The summed E-state index contributed by atoms with van der Waals surface area (Å²) >= 11 is 0. The second kappa shape index (κ2) is 7.31. The summed E-state index contributed by atoms with van der Waals surface area (Å²) in [6.07, 6.45) is -0.0660. The molecule has 1 unspecified atom stereocenters. The van der Waals surface area contributed by atoms with Crippen LogP contribution in [0.3, 0.4) is 0 Å². The molecule has 1 atom stereocenters. The summed E-state index contributed by atoms with van der Waals surface area (Å²) in [5.41, 5.74) is 2.11. The van der Waals surface area contributed by atoms with Gasteiger partial charge in [-0.2, -0.15) is 0 Å². The predicted molar refractivity (Wildman–Crippen MR) is 86.4 cm³/mol. The van der Waals surface area contributed by atoms with E-state index in [1.54, 1.807) is 0 Å². The Balaban J connectivity index is 1.46.